The molecule has 12 nitrogen and oxygen atoms in total. The van der Waals surface area contributed by atoms with Gasteiger partial charge in [0.25, 0.3) is 5.91 Å². The summed E-state index contributed by atoms with van der Waals surface area (Å²) < 4.78 is 16.5. The Morgan fingerprint density at radius 2 is 1.85 bits per heavy atom. The second-order valence-electron chi connectivity index (χ2n) is 11.6. The van der Waals surface area contributed by atoms with Gasteiger partial charge in [0, 0.05) is 48.7 Å². The van der Waals surface area contributed by atoms with Gasteiger partial charge < -0.3 is 25.1 Å². The summed E-state index contributed by atoms with van der Waals surface area (Å²) in [5, 5.41) is 23.0. The average molecular weight is 659 g/mol. The molecule has 14 heteroatoms. The summed E-state index contributed by atoms with van der Waals surface area (Å²) in [5.74, 6) is -2.82. The Morgan fingerprint density at radius 3 is 2.53 bits per heavy atom. The van der Waals surface area contributed by atoms with Crippen molar-refractivity contribution in [1.82, 2.24) is 30.0 Å². The van der Waals surface area contributed by atoms with Gasteiger partial charge in [-0.1, -0.05) is 23.7 Å². The fourth-order valence-corrected chi connectivity index (χ4v) is 6.36. The number of aromatic carboxylic acids is 1. The monoisotopic (exact) mass is 658 g/mol. The van der Waals surface area contributed by atoms with E-state index in [0.29, 0.717) is 23.7 Å². The normalized spacial score (nSPS) is 17.7. The first kappa shape index (κ1) is 31.8. The third kappa shape index (κ3) is 6.44. The van der Waals surface area contributed by atoms with Crippen molar-refractivity contribution >= 4 is 46.8 Å². The predicted molar refractivity (Wildman–Crippen MR) is 174 cm³/mol. The van der Waals surface area contributed by atoms with E-state index in [1.54, 1.807) is 0 Å². The summed E-state index contributed by atoms with van der Waals surface area (Å²) in [7, 11) is 4.13. The lowest BCUT2D eigenvalue weighted by molar-refractivity contribution is -0.135. The highest BCUT2D eigenvalue weighted by molar-refractivity contribution is 6.31. The van der Waals surface area contributed by atoms with Crippen LogP contribution in [0.1, 0.15) is 39.5 Å². The number of benzene rings is 3. The smallest absolute Gasteiger partial charge is 0.335 e. The zero-order valence-electron chi connectivity index (χ0n) is 25.7. The molecule has 0 saturated carbocycles. The van der Waals surface area contributed by atoms with Gasteiger partial charge in [-0.25, -0.2) is 9.18 Å². The van der Waals surface area contributed by atoms with Crippen molar-refractivity contribution in [2.45, 2.75) is 24.9 Å². The van der Waals surface area contributed by atoms with Crippen LogP contribution < -0.4 is 10.2 Å². The first-order valence-corrected chi connectivity index (χ1v) is 15.4. The third-order valence-corrected chi connectivity index (χ3v) is 8.95. The molecule has 6 rings (SSSR count). The SMILES string of the molecule is CN(C)C1CCN(c2cccc3c2CCN(C(=O)C=Cc2c(-n4cnnn4)ccc(Cl)c2F)[C@@H]3C(=O)Nc2ccc(C(=O)O)cc2)C1. The molecular formula is C33H32ClFN8O4. The number of carbonyl (C=O) groups excluding carboxylic acids is 2. The summed E-state index contributed by atoms with van der Waals surface area (Å²) in [6.45, 7) is 1.94. The second kappa shape index (κ2) is 13.3. The van der Waals surface area contributed by atoms with E-state index < -0.39 is 29.6 Å². The number of carboxylic acid groups (broad SMARTS) is 1. The van der Waals surface area contributed by atoms with Crippen molar-refractivity contribution in [1.29, 1.82) is 0 Å². The molecule has 242 valence electrons. The lowest BCUT2D eigenvalue weighted by Crippen LogP contribution is -2.45. The molecule has 0 aliphatic carbocycles. The minimum Gasteiger partial charge on any atom is -0.478 e. The topological polar surface area (TPSA) is 137 Å². The molecule has 1 saturated heterocycles. The molecule has 1 aromatic heterocycles. The number of carboxylic acids is 1. The average Bonchev–Trinajstić information content (AvgIpc) is 3.78. The van der Waals surface area contributed by atoms with Crippen LogP contribution in [0.25, 0.3) is 11.8 Å². The van der Waals surface area contributed by atoms with Crippen LogP contribution >= 0.6 is 11.6 Å². The number of hydrogen-bond donors (Lipinski definition) is 2. The van der Waals surface area contributed by atoms with Crippen molar-refractivity contribution in [3.05, 3.63) is 100 Å². The van der Waals surface area contributed by atoms with Crippen LogP contribution in [0.15, 0.2) is 67.0 Å². The Balaban J connectivity index is 1.35. The Morgan fingerprint density at radius 1 is 1.06 bits per heavy atom. The number of carbonyl (C=O) groups is 3. The number of nitrogens with zero attached hydrogens (tertiary/aromatic N) is 7. The van der Waals surface area contributed by atoms with E-state index >= 15 is 4.39 Å². The number of amides is 2. The molecule has 3 heterocycles. The maximum atomic E-state index is 15.2. The molecular weight excluding hydrogens is 627 g/mol. The highest BCUT2D eigenvalue weighted by atomic mass is 35.5. The van der Waals surface area contributed by atoms with Gasteiger partial charge in [-0.3, -0.25) is 9.59 Å². The fraction of sp³-hybridized carbons (Fsp3) is 0.273. The van der Waals surface area contributed by atoms with E-state index in [1.807, 2.05) is 12.1 Å². The van der Waals surface area contributed by atoms with Crippen molar-refractivity contribution in [3.8, 4) is 5.69 Å². The molecule has 2 aliphatic heterocycles. The Kier molecular flexibility index (Phi) is 9.01. The lowest BCUT2D eigenvalue weighted by atomic mass is 9.90. The molecule has 2 aliphatic rings. The largest absolute Gasteiger partial charge is 0.478 e. The molecule has 2 amide bonds. The second-order valence-corrected chi connectivity index (χ2v) is 12.0. The molecule has 2 N–H and O–H groups in total. The fourth-order valence-electron chi connectivity index (χ4n) is 6.19. The number of anilines is 2. The number of likely N-dealkylation sites (N-methyl/N-ethyl adjacent to an activating group) is 1. The number of halogens is 2. The minimum absolute atomic E-state index is 0.00171. The summed E-state index contributed by atoms with van der Waals surface area (Å²) in [6.07, 6.45) is 5.33. The molecule has 1 unspecified atom stereocenters. The minimum atomic E-state index is -1.09. The highest BCUT2D eigenvalue weighted by Gasteiger charge is 2.38. The summed E-state index contributed by atoms with van der Waals surface area (Å²) in [5.41, 5.74) is 3.44. The van der Waals surface area contributed by atoms with Gasteiger partial charge in [0.05, 0.1) is 16.3 Å². The number of nitrogens with one attached hydrogen (secondary N) is 1. The van der Waals surface area contributed by atoms with Gasteiger partial charge in [0.1, 0.15) is 12.4 Å². The van der Waals surface area contributed by atoms with E-state index in [9.17, 15) is 19.5 Å². The van der Waals surface area contributed by atoms with Gasteiger partial charge in [0.2, 0.25) is 5.91 Å². The Labute approximate surface area is 275 Å². The van der Waals surface area contributed by atoms with E-state index in [0.717, 1.165) is 30.8 Å². The number of rotatable bonds is 8. The van der Waals surface area contributed by atoms with Crippen LogP contribution in [0, 0.1) is 5.82 Å². The molecule has 2 atom stereocenters. The van der Waals surface area contributed by atoms with E-state index in [-0.39, 0.29) is 28.4 Å². The van der Waals surface area contributed by atoms with Crippen LogP contribution in [0.5, 0.6) is 0 Å². The van der Waals surface area contributed by atoms with Crippen molar-refractivity contribution < 1.29 is 23.9 Å². The molecule has 0 bridgehead atoms. The van der Waals surface area contributed by atoms with E-state index in [4.69, 9.17) is 11.6 Å². The summed E-state index contributed by atoms with van der Waals surface area (Å²) in [6, 6.07) is 13.9. The standard InChI is InChI=1S/C33H32ClFN8O4/c1-40(2)22-14-16-41(18-22)27-5-3-4-24-23(27)15-17-42(31(24)32(45)37-21-8-6-20(7-9-21)33(46)47)29(44)13-10-25-28(43-19-36-38-39-43)12-11-26(34)30(25)35/h3-13,19,22,31H,14-18H2,1-2H3,(H,37,45)(H,46,47)/t22?,31-/m0/s1. The number of aromatic nitrogens is 4. The summed E-state index contributed by atoms with van der Waals surface area (Å²) in [4.78, 5) is 45.3. The van der Waals surface area contributed by atoms with Crippen LogP contribution in [0.2, 0.25) is 5.02 Å². The van der Waals surface area contributed by atoms with Crippen molar-refractivity contribution in [2.24, 2.45) is 0 Å². The molecule has 1 fully saturated rings. The molecule has 0 spiro atoms. The zero-order chi connectivity index (χ0) is 33.2. The maximum absolute atomic E-state index is 15.2. The first-order chi connectivity index (χ1) is 22.6. The lowest BCUT2D eigenvalue weighted by Gasteiger charge is -2.38. The number of hydrogen-bond acceptors (Lipinski definition) is 8. The predicted octanol–water partition coefficient (Wildman–Crippen LogP) is 4.07. The quantitative estimate of drug-likeness (QED) is 0.269. The van der Waals surface area contributed by atoms with Gasteiger partial charge >= 0.3 is 5.97 Å². The Bertz CT molecular complexity index is 1850. The molecule has 4 aromatic rings. The molecule has 47 heavy (non-hydrogen) atoms. The van der Waals surface area contributed by atoms with Crippen LogP contribution in [0.4, 0.5) is 15.8 Å². The van der Waals surface area contributed by atoms with E-state index in [2.05, 4.69) is 50.8 Å². The maximum Gasteiger partial charge on any atom is 0.335 e. The van der Waals surface area contributed by atoms with Gasteiger partial charge in [-0.2, -0.15) is 4.68 Å². The third-order valence-electron chi connectivity index (χ3n) is 8.66. The van der Waals surface area contributed by atoms with Crippen molar-refractivity contribution in [2.75, 3.05) is 43.9 Å². The first-order valence-electron chi connectivity index (χ1n) is 15.0. The van der Waals surface area contributed by atoms with Crippen molar-refractivity contribution in [3.63, 3.8) is 0 Å². The zero-order valence-corrected chi connectivity index (χ0v) is 26.4. The molecule has 3 aromatic carbocycles. The van der Waals surface area contributed by atoms with Crippen LogP contribution in [0.3, 0.4) is 0 Å². The van der Waals surface area contributed by atoms with Gasteiger partial charge in [-0.15, -0.1) is 5.10 Å². The van der Waals surface area contributed by atoms with Gasteiger partial charge in [0.15, 0.2) is 5.82 Å². The Hall–Kier alpha value is -5.14. The highest BCUT2D eigenvalue weighted by Crippen LogP contribution is 2.38. The molecule has 0 radical (unpaired) electrons. The van der Waals surface area contributed by atoms with E-state index in [1.165, 1.54) is 64.5 Å². The summed E-state index contributed by atoms with van der Waals surface area (Å²) >= 11 is 6.07. The number of fused-ring (bicyclic) bond motifs is 1. The number of tetrazole rings is 1. The van der Waals surface area contributed by atoms with Gasteiger partial charge in [-0.05, 0) is 97.0 Å². The van der Waals surface area contributed by atoms with Crippen LogP contribution in [-0.4, -0.2) is 92.7 Å². The van der Waals surface area contributed by atoms with Crippen LogP contribution in [-0.2, 0) is 16.0 Å².